The number of hydrogen-bond donors (Lipinski definition) is 0. The first-order chi connectivity index (χ1) is 2.41. The fourth-order valence-electron chi connectivity index (χ4n) is 0.118. The molecule has 0 heterocycles. The summed E-state index contributed by atoms with van der Waals surface area (Å²) in [5.74, 6) is 1.90. The summed E-state index contributed by atoms with van der Waals surface area (Å²) in [6.07, 6.45) is 0. The molecule has 0 aromatic carbocycles. The van der Waals surface area contributed by atoms with E-state index in [9.17, 15) is 0 Å². The molecule has 0 nitrogen and oxygen atoms in total. The van der Waals surface area contributed by atoms with E-state index in [1.807, 2.05) is 0 Å². The molecular weight excluding hydrogens is 80.1 g/mol. The van der Waals surface area contributed by atoms with E-state index in [4.69, 9.17) is 6.92 Å². The number of rotatable bonds is 2. The Morgan fingerprint density at radius 2 is 2.40 bits per heavy atom. The van der Waals surface area contributed by atoms with E-state index in [0.717, 1.165) is 11.5 Å². The lowest BCUT2D eigenvalue weighted by molar-refractivity contribution is 1.52. The Kier molecular flexibility index (Phi) is 4.65. The summed E-state index contributed by atoms with van der Waals surface area (Å²) in [5.41, 5.74) is 0. The molecule has 0 spiro atoms. The molecule has 0 N–H and O–H groups in total. The lowest BCUT2D eigenvalue weighted by Gasteiger charge is -1.80. The zero-order valence-corrected chi connectivity index (χ0v) is 4.22. The summed E-state index contributed by atoms with van der Waals surface area (Å²) >= 11 is 1.74. The van der Waals surface area contributed by atoms with Gasteiger partial charge in [-0.3, -0.25) is 0 Å². The van der Waals surface area contributed by atoms with Crippen molar-refractivity contribution < 1.29 is 0 Å². The molecule has 0 atom stereocenters. The predicted octanol–water partition coefficient (Wildman–Crippen LogP) is 1.45. The number of hydrogen-bond acceptors (Lipinski definition) is 1. The minimum Gasteiger partial charge on any atom is -0.162 e. The van der Waals surface area contributed by atoms with E-state index in [1.165, 1.54) is 0 Å². The molecule has 0 bridgehead atoms. The van der Waals surface area contributed by atoms with Gasteiger partial charge in [0.2, 0.25) is 0 Å². The van der Waals surface area contributed by atoms with Crippen LogP contribution >= 0.6 is 11.8 Å². The van der Waals surface area contributed by atoms with Gasteiger partial charge in [0.15, 0.2) is 0 Å². The molecule has 2 radical (unpaired) electrons. The molecule has 0 rings (SSSR count). The standard InChI is InChI=1S/C4H8S/c1-3-5-4-2/h1H,3-4H2,2H3. The maximum absolute atomic E-state index is 5.10. The average Bonchev–Trinajstić information content (AvgIpc) is 1.41. The van der Waals surface area contributed by atoms with Crippen molar-refractivity contribution in [3.8, 4) is 0 Å². The van der Waals surface area contributed by atoms with Crippen LogP contribution in [0.3, 0.4) is 0 Å². The fraction of sp³-hybridized carbons (Fsp3) is 0.750. The van der Waals surface area contributed by atoms with Crippen molar-refractivity contribution in [3.63, 3.8) is 0 Å². The highest BCUT2D eigenvalue weighted by Gasteiger charge is 1.67. The van der Waals surface area contributed by atoms with Gasteiger partial charge in [-0.15, -0.1) is 0 Å². The van der Waals surface area contributed by atoms with E-state index in [-0.39, 0.29) is 0 Å². The van der Waals surface area contributed by atoms with E-state index in [0.29, 0.717) is 0 Å². The smallest absolute Gasteiger partial charge is 0.00331 e. The van der Waals surface area contributed by atoms with Crippen LogP contribution in [0.1, 0.15) is 6.92 Å². The SMILES string of the molecule is [CH]CSCC. The molecule has 0 fully saturated rings. The summed E-state index contributed by atoms with van der Waals surface area (Å²) < 4.78 is 0. The van der Waals surface area contributed by atoms with Gasteiger partial charge in [-0.05, 0) is 18.4 Å². The lowest BCUT2D eigenvalue weighted by Crippen LogP contribution is -1.64. The highest BCUT2D eigenvalue weighted by molar-refractivity contribution is 7.99. The maximum Gasteiger partial charge on any atom is -0.00331 e. The normalized spacial score (nSPS) is 8.40. The third-order valence-corrected chi connectivity index (χ3v) is 0.966. The second-order valence-corrected chi connectivity index (χ2v) is 1.98. The Balaban J connectivity index is 2.19. The van der Waals surface area contributed by atoms with Crippen molar-refractivity contribution in [2.45, 2.75) is 6.92 Å². The van der Waals surface area contributed by atoms with Gasteiger partial charge in [0.05, 0.1) is 0 Å². The van der Waals surface area contributed by atoms with E-state index in [1.54, 1.807) is 11.8 Å². The van der Waals surface area contributed by atoms with Gasteiger partial charge in [0, 0.05) is 0 Å². The largest absolute Gasteiger partial charge is 0.162 e. The van der Waals surface area contributed by atoms with Crippen molar-refractivity contribution in [2.75, 3.05) is 11.5 Å². The van der Waals surface area contributed by atoms with Gasteiger partial charge < -0.3 is 0 Å². The molecule has 0 amide bonds. The minimum absolute atomic E-state index is 0.760. The van der Waals surface area contributed by atoms with Gasteiger partial charge in [-0.1, -0.05) is 6.92 Å². The molecule has 1 heteroatoms. The van der Waals surface area contributed by atoms with Gasteiger partial charge in [0.1, 0.15) is 0 Å². The van der Waals surface area contributed by atoms with Crippen LogP contribution in [-0.4, -0.2) is 11.5 Å². The Bertz CT molecular complexity index is 11.1. The Labute approximate surface area is 38.0 Å². The molecular formula is C4H8S. The molecule has 0 aromatic heterocycles. The van der Waals surface area contributed by atoms with Gasteiger partial charge in [-0.25, -0.2) is 0 Å². The zero-order chi connectivity index (χ0) is 4.12. The van der Waals surface area contributed by atoms with Gasteiger partial charge in [0.25, 0.3) is 0 Å². The quantitative estimate of drug-likeness (QED) is 0.492. The van der Waals surface area contributed by atoms with Crippen LogP contribution in [0.15, 0.2) is 0 Å². The highest BCUT2D eigenvalue weighted by atomic mass is 32.2. The first-order valence-corrected chi connectivity index (χ1v) is 2.85. The van der Waals surface area contributed by atoms with Crippen molar-refractivity contribution >= 4 is 11.8 Å². The molecule has 0 aliphatic heterocycles. The van der Waals surface area contributed by atoms with E-state index in [2.05, 4.69) is 6.92 Å². The first-order valence-electron chi connectivity index (χ1n) is 1.69. The van der Waals surface area contributed by atoms with Crippen LogP contribution < -0.4 is 0 Å². The van der Waals surface area contributed by atoms with Crippen molar-refractivity contribution in [1.82, 2.24) is 0 Å². The van der Waals surface area contributed by atoms with Crippen LogP contribution in [0.2, 0.25) is 0 Å². The third kappa shape index (κ3) is 4.35. The molecule has 0 aliphatic carbocycles. The molecule has 0 saturated heterocycles. The van der Waals surface area contributed by atoms with Crippen LogP contribution in [0.4, 0.5) is 0 Å². The topological polar surface area (TPSA) is 0 Å². The number of thioether (sulfide) groups is 1. The summed E-state index contributed by atoms with van der Waals surface area (Å²) in [5, 5.41) is 0. The van der Waals surface area contributed by atoms with Crippen LogP contribution in [0, 0.1) is 6.92 Å². The molecule has 0 unspecified atom stereocenters. The highest BCUT2D eigenvalue weighted by Crippen LogP contribution is 1.92. The summed E-state index contributed by atoms with van der Waals surface area (Å²) in [4.78, 5) is 0. The molecule has 0 saturated carbocycles. The van der Waals surface area contributed by atoms with Gasteiger partial charge in [-0.2, -0.15) is 11.8 Å². The predicted molar refractivity (Wildman–Crippen MR) is 27.3 cm³/mol. The van der Waals surface area contributed by atoms with Crippen LogP contribution in [0.5, 0.6) is 0 Å². The average molecular weight is 88.2 g/mol. The fourth-order valence-corrected chi connectivity index (χ4v) is 0.354. The zero-order valence-electron chi connectivity index (χ0n) is 3.40. The van der Waals surface area contributed by atoms with Crippen LogP contribution in [0.25, 0.3) is 0 Å². The Hall–Kier alpha value is 0.350. The van der Waals surface area contributed by atoms with E-state index < -0.39 is 0 Å². The minimum atomic E-state index is 0.760. The lowest BCUT2D eigenvalue weighted by atomic mass is 11.0. The first kappa shape index (κ1) is 5.35. The summed E-state index contributed by atoms with van der Waals surface area (Å²) in [6.45, 7) is 7.20. The molecule has 5 heavy (non-hydrogen) atoms. The third-order valence-electron chi connectivity index (χ3n) is 0.322. The maximum atomic E-state index is 5.10. The Morgan fingerprint density at radius 3 is 2.40 bits per heavy atom. The summed E-state index contributed by atoms with van der Waals surface area (Å²) in [6, 6.07) is 0. The monoisotopic (exact) mass is 88.0 g/mol. The Morgan fingerprint density at radius 1 is 1.80 bits per heavy atom. The molecule has 0 aromatic rings. The van der Waals surface area contributed by atoms with Crippen molar-refractivity contribution in [3.05, 3.63) is 6.92 Å². The van der Waals surface area contributed by atoms with Gasteiger partial charge >= 0.3 is 0 Å². The second kappa shape index (κ2) is 4.35. The van der Waals surface area contributed by atoms with Crippen molar-refractivity contribution in [1.29, 1.82) is 0 Å². The molecule has 30 valence electrons. The summed E-state index contributed by atoms with van der Waals surface area (Å²) in [7, 11) is 0. The van der Waals surface area contributed by atoms with Crippen molar-refractivity contribution in [2.24, 2.45) is 0 Å². The molecule has 0 aliphatic rings. The van der Waals surface area contributed by atoms with E-state index >= 15 is 0 Å². The second-order valence-electron chi connectivity index (χ2n) is 0.659. The van der Waals surface area contributed by atoms with Crippen LogP contribution in [-0.2, 0) is 0 Å².